The minimum absolute atomic E-state index is 0.0123. The molecular formula is C8H10N2O2. The van der Waals surface area contributed by atoms with Crippen LogP contribution in [0.3, 0.4) is 0 Å². The van der Waals surface area contributed by atoms with Crippen LogP contribution in [-0.4, -0.2) is 29.3 Å². The summed E-state index contributed by atoms with van der Waals surface area (Å²) in [5, 5.41) is 12.0. The smallest absolute Gasteiger partial charge is 0.237 e. The summed E-state index contributed by atoms with van der Waals surface area (Å²) in [6, 6.07) is 3.70. The molecule has 1 atom stereocenters. The summed E-state index contributed by atoms with van der Waals surface area (Å²) in [6.07, 6.45) is 1.68. The van der Waals surface area contributed by atoms with E-state index in [9.17, 15) is 0 Å². The van der Waals surface area contributed by atoms with Crippen LogP contribution in [0.4, 0.5) is 5.69 Å². The number of aromatic nitrogens is 1. The average Bonchev–Trinajstić information content (AvgIpc) is 2.17. The summed E-state index contributed by atoms with van der Waals surface area (Å²) in [7, 11) is 0. The summed E-state index contributed by atoms with van der Waals surface area (Å²) in [6.45, 7) is 0.550. The molecule has 64 valence electrons. The van der Waals surface area contributed by atoms with E-state index in [0.29, 0.717) is 12.5 Å². The molecule has 0 aromatic carbocycles. The van der Waals surface area contributed by atoms with Crippen LogP contribution in [0.1, 0.15) is 0 Å². The van der Waals surface area contributed by atoms with E-state index < -0.39 is 0 Å². The number of fused-ring (bicyclic) bond motifs is 1. The second-order valence-electron chi connectivity index (χ2n) is 2.69. The van der Waals surface area contributed by atoms with Crippen molar-refractivity contribution in [3.05, 3.63) is 18.3 Å². The van der Waals surface area contributed by atoms with Crippen molar-refractivity contribution in [2.24, 2.45) is 0 Å². The molecule has 4 nitrogen and oxygen atoms in total. The lowest BCUT2D eigenvalue weighted by Gasteiger charge is -2.24. The van der Waals surface area contributed by atoms with E-state index in [-0.39, 0.29) is 12.6 Å². The third kappa shape index (κ3) is 1.21. The first-order valence-corrected chi connectivity index (χ1v) is 3.85. The number of pyridine rings is 1. The maximum absolute atomic E-state index is 8.85. The largest absolute Gasteiger partial charge is 0.474 e. The Morgan fingerprint density at radius 1 is 1.75 bits per heavy atom. The van der Waals surface area contributed by atoms with Gasteiger partial charge in [0.25, 0.3) is 0 Å². The van der Waals surface area contributed by atoms with Gasteiger partial charge in [-0.15, -0.1) is 0 Å². The molecule has 0 amide bonds. The highest BCUT2D eigenvalue weighted by atomic mass is 16.5. The second-order valence-corrected chi connectivity index (χ2v) is 2.69. The van der Waals surface area contributed by atoms with E-state index in [0.717, 1.165) is 5.69 Å². The summed E-state index contributed by atoms with van der Waals surface area (Å²) in [4.78, 5) is 4.02. The molecule has 4 heteroatoms. The van der Waals surface area contributed by atoms with E-state index in [1.165, 1.54) is 0 Å². The molecule has 0 bridgehead atoms. The number of ether oxygens (including phenoxy) is 1. The highest BCUT2D eigenvalue weighted by Crippen LogP contribution is 2.24. The molecule has 2 heterocycles. The Morgan fingerprint density at radius 3 is 3.50 bits per heavy atom. The van der Waals surface area contributed by atoms with Gasteiger partial charge in [0.15, 0.2) is 0 Å². The first-order chi connectivity index (χ1) is 5.90. The number of nitrogens with zero attached hydrogens (tertiary/aromatic N) is 1. The minimum atomic E-state index is -0.0123. The van der Waals surface area contributed by atoms with E-state index >= 15 is 0 Å². The fourth-order valence-corrected chi connectivity index (χ4v) is 1.16. The van der Waals surface area contributed by atoms with E-state index in [2.05, 4.69) is 10.3 Å². The molecule has 2 rings (SSSR count). The van der Waals surface area contributed by atoms with Crippen molar-refractivity contribution in [1.82, 2.24) is 4.98 Å². The van der Waals surface area contributed by atoms with Gasteiger partial charge in [-0.1, -0.05) is 0 Å². The fraction of sp³-hybridized carbons (Fsp3) is 0.375. The van der Waals surface area contributed by atoms with Crippen molar-refractivity contribution in [3.8, 4) is 5.88 Å². The fourth-order valence-electron chi connectivity index (χ4n) is 1.16. The predicted octanol–water partition coefficient (Wildman–Crippen LogP) is 0.247. The maximum Gasteiger partial charge on any atom is 0.237 e. The van der Waals surface area contributed by atoms with Crippen LogP contribution >= 0.6 is 0 Å². The summed E-state index contributed by atoms with van der Waals surface area (Å²) in [5.41, 5.74) is 0.850. The normalized spacial score (nSPS) is 20.6. The van der Waals surface area contributed by atoms with Gasteiger partial charge in [-0.05, 0) is 12.1 Å². The Balaban J connectivity index is 2.23. The van der Waals surface area contributed by atoms with Crippen molar-refractivity contribution in [2.45, 2.75) is 6.04 Å². The predicted molar refractivity (Wildman–Crippen MR) is 44.2 cm³/mol. The summed E-state index contributed by atoms with van der Waals surface area (Å²) in [5.74, 6) is 0.613. The van der Waals surface area contributed by atoms with Crippen LogP contribution < -0.4 is 10.1 Å². The zero-order chi connectivity index (χ0) is 8.39. The number of nitrogens with one attached hydrogen (secondary N) is 1. The molecule has 0 aliphatic carbocycles. The van der Waals surface area contributed by atoms with Crippen molar-refractivity contribution >= 4 is 5.69 Å². The van der Waals surface area contributed by atoms with Crippen LogP contribution in [0.2, 0.25) is 0 Å². The van der Waals surface area contributed by atoms with Crippen LogP contribution in [0.25, 0.3) is 0 Å². The van der Waals surface area contributed by atoms with Gasteiger partial charge in [0, 0.05) is 6.20 Å². The van der Waals surface area contributed by atoms with Gasteiger partial charge in [0.05, 0.1) is 18.3 Å². The lowest BCUT2D eigenvalue weighted by molar-refractivity contribution is 0.203. The molecule has 12 heavy (non-hydrogen) atoms. The van der Waals surface area contributed by atoms with E-state index in [1.54, 1.807) is 6.20 Å². The summed E-state index contributed by atoms with van der Waals surface area (Å²) >= 11 is 0. The first-order valence-electron chi connectivity index (χ1n) is 3.85. The Hall–Kier alpha value is -1.29. The van der Waals surface area contributed by atoms with Gasteiger partial charge < -0.3 is 15.2 Å². The Kier molecular flexibility index (Phi) is 1.83. The molecule has 0 fully saturated rings. The minimum Gasteiger partial charge on any atom is -0.474 e. The van der Waals surface area contributed by atoms with E-state index in [4.69, 9.17) is 9.84 Å². The molecule has 1 unspecified atom stereocenters. The molecule has 0 spiro atoms. The first kappa shape index (κ1) is 7.36. The van der Waals surface area contributed by atoms with Crippen LogP contribution in [-0.2, 0) is 0 Å². The van der Waals surface area contributed by atoms with Gasteiger partial charge >= 0.3 is 0 Å². The average molecular weight is 166 g/mol. The van der Waals surface area contributed by atoms with Gasteiger partial charge in [-0.2, -0.15) is 0 Å². The van der Waals surface area contributed by atoms with Gasteiger partial charge in [-0.3, -0.25) is 0 Å². The Labute approximate surface area is 70.2 Å². The molecule has 1 aromatic rings. The molecule has 1 aliphatic rings. The van der Waals surface area contributed by atoms with Crippen LogP contribution in [0.15, 0.2) is 18.3 Å². The van der Waals surface area contributed by atoms with Crippen LogP contribution in [0.5, 0.6) is 5.88 Å². The molecule has 0 saturated heterocycles. The second kappa shape index (κ2) is 2.98. The maximum atomic E-state index is 8.85. The lowest BCUT2D eigenvalue weighted by Crippen LogP contribution is -2.34. The number of anilines is 1. The number of hydrogen-bond donors (Lipinski definition) is 2. The SMILES string of the molecule is OCC1COc2ncccc2N1. The molecular weight excluding hydrogens is 156 g/mol. The Bertz CT molecular complexity index is 278. The van der Waals surface area contributed by atoms with Crippen molar-refractivity contribution in [1.29, 1.82) is 0 Å². The lowest BCUT2D eigenvalue weighted by atomic mass is 10.2. The monoisotopic (exact) mass is 166 g/mol. The van der Waals surface area contributed by atoms with Gasteiger partial charge in [0.2, 0.25) is 5.88 Å². The molecule has 1 aliphatic heterocycles. The standard InChI is InChI=1S/C8H10N2O2/c11-4-6-5-12-8-7(10-6)2-1-3-9-8/h1-3,6,10-11H,4-5H2. The molecule has 2 N–H and O–H groups in total. The molecule has 0 radical (unpaired) electrons. The van der Waals surface area contributed by atoms with Crippen molar-refractivity contribution in [3.63, 3.8) is 0 Å². The third-order valence-corrected chi connectivity index (χ3v) is 1.77. The quantitative estimate of drug-likeness (QED) is 0.627. The Morgan fingerprint density at radius 2 is 2.67 bits per heavy atom. The van der Waals surface area contributed by atoms with Gasteiger partial charge in [-0.25, -0.2) is 4.98 Å². The number of hydrogen-bond acceptors (Lipinski definition) is 4. The number of aliphatic hydroxyl groups excluding tert-OH is 1. The summed E-state index contributed by atoms with van der Waals surface area (Å²) < 4.78 is 5.29. The zero-order valence-electron chi connectivity index (χ0n) is 6.53. The van der Waals surface area contributed by atoms with Crippen molar-refractivity contribution < 1.29 is 9.84 Å². The van der Waals surface area contributed by atoms with E-state index in [1.807, 2.05) is 12.1 Å². The number of aliphatic hydroxyl groups is 1. The topological polar surface area (TPSA) is 54.4 Å². The third-order valence-electron chi connectivity index (χ3n) is 1.77. The molecule has 0 saturated carbocycles. The van der Waals surface area contributed by atoms with Gasteiger partial charge in [0.1, 0.15) is 6.61 Å². The highest BCUT2D eigenvalue weighted by Gasteiger charge is 2.17. The molecule has 1 aromatic heterocycles. The highest BCUT2D eigenvalue weighted by molar-refractivity contribution is 5.54. The zero-order valence-corrected chi connectivity index (χ0v) is 6.53. The van der Waals surface area contributed by atoms with Crippen LogP contribution in [0, 0.1) is 0 Å². The van der Waals surface area contributed by atoms with Crippen molar-refractivity contribution in [2.75, 3.05) is 18.5 Å². The number of rotatable bonds is 1.